The van der Waals surface area contributed by atoms with Gasteiger partial charge >= 0.3 is 0 Å². The van der Waals surface area contributed by atoms with E-state index >= 15 is 0 Å². The molecule has 30 heavy (non-hydrogen) atoms. The summed E-state index contributed by atoms with van der Waals surface area (Å²) in [4.78, 5) is 12.3. The van der Waals surface area contributed by atoms with Gasteiger partial charge in [-0.2, -0.15) is 0 Å². The predicted octanol–water partition coefficient (Wildman–Crippen LogP) is 4.76. The van der Waals surface area contributed by atoms with Crippen LogP contribution in [-0.4, -0.2) is 26.5 Å². The van der Waals surface area contributed by atoms with Gasteiger partial charge in [-0.15, -0.1) is 0 Å². The van der Waals surface area contributed by atoms with E-state index in [-0.39, 0.29) is 32.6 Å². The zero-order valence-electron chi connectivity index (χ0n) is 15.5. The first kappa shape index (κ1) is 21.8. The number of anilines is 2. The van der Waals surface area contributed by atoms with Crippen molar-refractivity contribution in [3.8, 4) is 11.5 Å². The number of carbonyl (C=O) groups excluding carboxylic acids is 1. The SMILES string of the molecule is COc1ccccc1NS(=O)(=O)c1ccc(O)c(NC(=O)c2cc(Cl)ccc2Cl)c1. The fourth-order valence-electron chi connectivity index (χ4n) is 2.58. The maximum absolute atomic E-state index is 12.8. The van der Waals surface area contributed by atoms with Crippen LogP contribution in [0.5, 0.6) is 11.5 Å². The molecule has 3 rings (SSSR count). The lowest BCUT2D eigenvalue weighted by atomic mass is 10.2. The van der Waals surface area contributed by atoms with Crippen LogP contribution in [0.15, 0.2) is 65.6 Å². The molecule has 0 unspecified atom stereocenters. The standard InChI is InChI=1S/C20H16Cl2N2O5S/c1-29-19-5-3-2-4-16(19)24-30(27,28)13-7-9-18(25)17(11-13)23-20(26)14-10-12(21)6-8-15(14)22/h2-11,24-25H,1H3,(H,23,26). The van der Waals surface area contributed by atoms with Crippen molar-refractivity contribution in [1.29, 1.82) is 0 Å². The highest BCUT2D eigenvalue weighted by Crippen LogP contribution is 2.31. The average Bonchev–Trinajstić information content (AvgIpc) is 2.71. The maximum atomic E-state index is 12.8. The van der Waals surface area contributed by atoms with Crippen molar-refractivity contribution in [3.05, 3.63) is 76.3 Å². The zero-order chi connectivity index (χ0) is 21.9. The summed E-state index contributed by atoms with van der Waals surface area (Å²) in [5, 5.41) is 13.0. The van der Waals surface area contributed by atoms with Crippen LogP contribution in [0.4, 0.5) is 11.4 Å². The maximum Gasteiger partial charge on any atom is 0.262 e. The molecule has 3 aromatic rings. The normalized spacial score (nSPS) is 11.0. The largest absolute Gasteiger partial charge is 0.506 e. The van der Waals surface area contributed by atoms with E-state index in [1.165, 1.54) is 31.4 Å². The van der Waals surface area contributed by atoms with Crippen molar-refractivity contribution in [1.82, 2.24) is 0 Å². The zero-order valence-corrected chi connectivity index (χ0v) is 17.8. The number of aromatic hydroxyl groups is 1. The molecule has 0 atom stereocenters. The predicted molar refractivity (Wildman–Crippen MR) is 116 cm³/mol. The van der Waals surface area contributed by atoms with Crippen molar-refractivity contribution in [2.75, 3.05) is 17.1 Å². The Hall–Kier alpha value is -2.94. The third-order valence-corrected chi connectivity index (χ3v) is 5.98. The minimum absolute atomic E-state index is 0.0731. The van der Waals surface area contributed by atoms with E-state index in [9.17, 15) is 18.3 Å². The summed E-state index contributed by atoms with van der Waals surface area (Å²) in [6.45, 7) is 0. The Morgan fingerprint density at radius 3 is 2.47 bits per heavy atom. The van der Waals surface area contributed by atoms with Gasteiger partial charge in [0.2, 0.25) is 0 Å². The fourth-order valence-corrected chi connectivity index (χ4v) is 4.05. The molecule has 0 saturated heterocycles. The van der Waals surface area contributed by atoms with Crippen LogP contribution in [0.2, 0.25) is 10.0 Å². The number of amides is 1. The molecular weight excluding hydrogens is 451 g/mol. The highest BCUT2D eigenvalue weighted by atomic mass is 35.5. The molecule has 0 radical (unpaired) electrons. The number of carbonyl (C=O) groups is 1. The Balaban J connectivity index is 1.91. The number of ether oxygens (including phenoxy) is 1. The highest BCUT2D eigenvalue weighted by Gasteiger charge is 2.20. The van der Waals surface area contributed by atoms with Crippen LogP contribution in [0.3, 0.4) is 0 Å². The third kappa shape index (κ3) is 4.79. The van der Waals surface area contributed by atoms with Gasteiger partial charge in [-0.05, 0) is 48.5 Å². The summed E-state index contributed by atoms with van der Waals surface area (Å²) in [6, 6.07) is 14.3. The summed E-state index contributed by atoms with van der Waals surface area (Å²) in [5.41, 5.74) is 0.201. The molecule has 156 valence electrons. The van der Waals surface area contributed by atoms with Gasteiger partial charge in [-0.3, -0.25) is 9.52 Å². The molecule has 0 aliphatic rings. The van der Waals surface area contributed by atoms with Crippen molar-refractivity contribution in [2.45, 2.75) is 4.90 Å². The van der Waals surface area contributed by atoms with Crippen molar-refractivity contribution in [2.24, 2.45) is 0 Å². The number of halogens is 2. The summed E-state index contributed by atoms with van der Waals surface area (Å²) < 4.78 is 33.1. The Morgan fingerprint density at radius 2 is 1.73 bits per heavy atom. The lowest BCUT2D eigenvalue weighted by molar-refractivity contribution is 0.102. The first-order valence-corrected chi connectivity index (χ1v) is 10.7. The summed E-state index contributed by atoms with van der Waals surface area (Å²) >= 11 is 11.9. The van der Waals surface area contributed by atoms with Gasteiger partial charge in [0.15, 0.2) is 0 Å². The second-order valence-electron chi connectivity index (χ2n) is 6.06. The smallest absolute Gasteiger partial charge is 0.262 e. The van der Waals surface area contributed by atoms with Crippen LogP contribution < -0.4 is 14.8 Å². The number of hydrogen-bond donors (Lipinski definition) is 3. The Bertz CT molecular complexity index is 1220. The molecule has 0 aliphatic carbocycles. The topological polar surface area (TPSA) is 105 Å². The van der Waals surface area contributed by atoms with E-state index in [0.717, 1.165) is 12.1 Å². The molecule has 0 aliphatic heterocycles. The summed E-state index contributed by atoms with van der Waals surface area (Å²) in [5.74, 6) is -0.647. The van der Waals surface area contributed by atoms with E-state index in [4.69, 9.17) is 27.9 Å². The third-order valence-electron chi connectivity index (χ3n) is 4.05. The van der Waals surface area contributed by atoms with Crippen LogP contribution in [-0.2, 0) is 10.0 Å². The summed E-state index contributed by atoms with van der Waals surface area (Å²) in [6.07, 6.45) is 0. The van der Waals surface area contributed by atoms with Crippen LogP contribution in [0, 0.1) is 0 Å². The van der Waals surface area contributed by atoms with Gasteiger partial charge in [-0.25, -0.2) is 8.42 Å². The van der Waals surface area contributed by atoms with E-state index < -0.39 is 15.9 Å². The van der Waals surface area contributed by atoms with E-state index in [0.29, 0.717) is 10.8 Å². The molecule has 0 aromatic heterocycles. The summed E-state index contributed by atoms with van der Waals surface area (Å²) in [7, 11) is -2.62. The van der Waals surface area contributed by atoms with Crippen LogP contribution in [0.25, 0.3) is 0 Å². The lowest BCUT2D eigenvalue weighted by Crippen LogP contribution is -2.16. The van der Waals surface area contributed by atoms with Crippen molar-refractivity contribution in [3.63, 3.8) is 0 Å². The molecule has 0 saturated carbocycles. The molecule has 0 fully saturated rings. The number of methoxy groups -OCH3 is 1. The van der Waals surface area contributed by atoms with Gasteiger partial charge < -0.3 is 15.2 Å². The number of para-hydroxylation sites is 2. The number of phenolic OH excluding ortho intramolecular Hbond substituents is 1. The molecular formula is C20H16Cl2N2O5S. The van der Waals surface area contributed by atoms with Gasteiger partial charge in [0, 0.05) is 5.02 Å². The minimum Gasteiger partial charge on any atom is -0.506 e. The quantitative estimate of drug-likeness (QED) is 0.454. The fraction of sp³-hybridized carbons (Fsp3) is 0.0500. The molecule has 0 bridgehead atoms. The Labute approximate surface area is 183 Å². The molecule has 7 nitrogen and oxygen atoms in total. The van der Waals surface area contributed by atoms with Gasteiger partial charge in [0.05, 0.1) is 34.0 Å². The Morgan fingerprint density at radius 1 is 1.00 bits per heavy atom. The van der Waals surface area contributed by atoms with Crippen molar-refractivity contribution < 1.29 is 23.1 Å². The van der Waals surface area contributed by atoms with Gasteiger partial charge in [0.1, 0.15) is 11.5 Å². The monoisotopic (exact) mass is 466 g/mol. The first-order valence-electron chi connectivity index (χ1n) is 8.46. The second-order valence-corrected chi connectivity index (χ2v) is 8.59. The number of sulfonamides is 1. The van der Waals surface area contributed by atoms with Crippen LogP contribution in [0.1, 0.15) is 10.4 Å². The average molecular weight is 467 g/mol. The number of phenols is 1. The van der Waals surface area contributed by atoms with Gasteiger partial charge in [-0.1, -0.05) is 35.3 Å². The number of rotatable bonds is 6. The first-order chi connectivity index (χ1) is 14.2. The Kier molecular flexibility index (Phi) is 6.40. The molecule has 0 spiro atoms. The molecule has 3 aromatic carbocycles. The van der Waals surface area contributed by atoms with E-state index in [1.807, 2.05) is 0 Å². The molecule has 1 amide bonds. The number of nitrogens with one attached hydrogen (secondary N) is 2. The molecule has 10 heteroatoms. The van der Waals surface area contributed by atoms with Crippen molar-refractivity contribution >= 4 is 50.5 Å². The number of hydrogen-bond acceptors (Lipinski definition) is 5. The van der Waals surface area contributed by atoms with E-state index in [2.05, 4.69) is 10.0 Å². The van der Waals surface area contributed by atoms with Crippen LogP contribution >= 0.6 is 23.2 Å². The molecule has 0 heterocycles. The minimum atomic E-state index is -4.04. The second kappa shape index (κ2) is 8.83. The highest BCUT2D eigenvalue weighted by molar-refractivity contribution is 7.92. The number of benzene rings is 3. The van der Waals surface area contributed by atoms with E-state index in [1.54, 1.807) is 24.3 Å². The molecule has 3 N–H and O–H groups in total. The van der Waals surface area contributed by atoms with Gasteiger partial charge in [0.25, 0.3) is 15.9 Å². The lowest BCUT2D eigenvalue weighted by Gasteiger charge is -2.13.